The maximum absolute atomic E-state index is 11.6. The number of urea groups is 1. The van der Waals surface area contributed by atoms with Crippen LogP contribution < -0.4 is 5.32 Å². The fourth-order valence-electron chi connectivity index (χ4n) is 3.02. The lowest BCUT2D eigenvalue weighted by molar-refractivity contribution is 0.216. The molecule has 0 spiro atoms. The molecule has 2 N–H and O–H groups in total. The quantitative estimate of drug-likeness (QED) is 0.885. The molecule has 0 bridgehead atoms. The molecule has 1 aliphatic heterocycles. The first-order valence-corrected chi connectivity index (χ1v) is 7.79. The zero-order valence-electron chi connectivity index (χ0n) is 13.5. The molecule has 118 valence electrons. The number of rotatable bonds is 5. The molecule has 0 radical (unpaired) electrons. The summed E-state index contributed by atoms with van der Waals surface area (Å²) in [7, 11) is 6.06. The highest BCUT2D eigenvalue weighted by molar-refractivity contribution is 5.84. The highest BCUT2D eigenvalue weighted by Gasteiger charge is 2.27. The zero-order valence-corrected chi connectivity index (χ0v) is 13.5. The van der Waals surface area contributed by atoms with Gasteiger partial charge in [-0.05, 0) is 50.2 Å². The summed E-state index contributed by atoms with van der Waals surface area (Å²) in [4.78, 5) is 18.9. The summed E-state index contributed by atoms with van der Waals surface area (Å²) in [5, 5.41) is 4.20. The van der Waals surface area contributed by atoms with Crippen LogP contribution in [0.5, 0.6) is 0 Å². The molecule has 2 amide bonds. The smallest absolute Gasteiger partial charge is 0.317 e. The molecule has 1 aliphatic rings. The average Bonchev–Trinajstić information content (AvgIpc) is 3.03. The molecule has 2 heterocycles. The number of nitrogens with zero attached hydrogens (tertiary/aromatic N) is 2. The van der Waals surface area contributed by atoms with Crippen LogP contribution in [-0.2, 0) is 12.8 Å². The van der Waals surface area contributed by atoms with Crippen LogP contribution in [0, 0.1) is 0 Å². The maximum atomic E-state index is 11.6. The van der Waals surface area contributed by atoms with Crippen molar-refractivity contribution in [2.75, 3.05) is 34.2 Å². The van der Waals surface area contributed by atoms with Gasteiger partial charge in [-0.2, -0.15) is 0 Å². The van der Waals surface area contributed by atoms with Crippen molar-refractivity contribution in [1.29, 1.82) is 0 Å². The van der Waals surface area contributed by atoms with Crippen LogP contribution in [0.1, 0.15) is 11.1 Å². The second-order valence-corrected chi connectivity index (χ2v) is 6.40. The summed E-state index contributed by atoms with van der Waals surface area (Å²) >= 11 is 0. The van der Waals surface area contributed by atoms with E-state index in [4.69, 9.17) is 0 Å². The third-order valence-corrected chi connectivity index (χ3v) is 4.49. The lowest BCUT2D eigenvalue weighted by atomic mass is 10.0. The Morgan fingerprint density at radius 3 is 2.86 bits per heavy atom. The SMILES string of the molecule is CN(C)CCc1c[nH]c2ccc(C[C@H]3CNC(=O)N3C)cc12. The number of H-pyrrole nitrogens is 1. The lowest BCUT2D eigenvalue weighted by Gasteiger charge is -2.17. The molecule has 1 fully saturated rings. The van der Waals surface area contributed by atoms with E-state index in [0.29, 0.717) is 0 Å². The van der Waals surface area contributed by atoms with E-state index < -0.39 is 0 Å². The van der Waals surface area contributed by atoms with Gasteiger partial charge in [0.2, 0.25) is 0 Å². The Kier molecular flexibility index (Phi) is 4.07. The first-order valence-electron chi connectivity index (χ1n) is 7.79. The van der Waals surface area contributed by atoms with Gasteiger partial charge in [0, 0.05) is 37.2 Å². The van der Waals surface area contributed by atoms with Crippen LogP contribution in [0.25, 0.3) is 10.9 Å². The molecule has 0 saturated carbocycles. The number of hydrogen-bond acceptors (Lipinski definition) is 2. The standard InChI is InChI=1S/C17H24N4O/c1-20(2)7-6-13-10-18-16-5-4-12(9-15(13)16)8-14-11-19-17(22)21(14)3/h4-5,9-10,14,18H,6-8,11H2,1-3H3,(H,19,22)/t14-/m0/s1. The molecule has 0 unspecified atom stereocenters. The fourth-order valence-corrected chi connectivity index (χ4v) is 3.02. The molecule has 1 atom stereocenters. The van der Waals surface area contributed by atoms with Gasteiger partial charge in [0.05, 0.1) is 6.04 Å². The van der Waals surface area contributed by atoms with E-state index in [9.17, 15) is 4.79 Å². The number of carbonyl (C=O) groups excluding carboxylic acids is 1. The Hall–Kier alpha value is -2.01. The Labute approximate surface area is 131 Å². The number of aromatic amines is 1. The zero-order chi connectivity index (χ0) is 15.7. The Morgan fingerprint density at radius 1 is 1.36 bits per heavy atom. The summed E-state index contributed by atoms with van der Waals surface area (Å²) in [6.45, 7) is 1.77. The van der Waals surface area contributed by atoms with Crippen molar-refractivity contribution in [3.63, 3.8) is 0 Å². The molecule has 22 heavy (non-hydrogen) atoms. The highest BCUT2D eigenvalue weighted by atomic mass is 16.2. The number of fused-ring (bicyclic) bond motifs is 1. The van der Waals surface area contributed by atoms with E-state index in [-0.39, 0.29) is 12.1 Å². The predicted molar refractivity (Wildman–Crippen MR) is 89.2 cm³/mol. The molecule has 1 saturated heterocycles. The Bertz CT molecular complexity index is 676. The maximum Gasteiger partial charge on any atom is 0.317 e. The van der Waals surface area contributed by atoms with Crippen LogP contribution in [0.15, 0.2) is 24.4 Å². The van der Waals surface area contributed by atoms with E-state index in [1.807, 2.05) is 7.05 Å². The van der Waals surface area contributed by atoms with E-state index in [0.717, 1.165) is 25.9 Å². The van der Waals surface area contributed by atoms with Crippen molar-refractivity contribution in [2.24, 2.45) is 0 Å². The average molecular weight is 300 g/mol. The second kappa shape index (κ2) is 6.01. The molecule has 1 aromatic heterocycles. The first kappa shape index (κ1) is 14.9. The Morgan fingerprint density at radius 2 is 2.18 bits per heavy atom. The van der Waals surface area contributed by atoms with Crippen molar-refractivity contribution < 1.29 is 4.79 Å². The second-order valence-electron chi connectivity index (χ2n) is 6.40. The molecule has 3 rings (SSSR count). The van der Waals surface area contributed by atoms with Crippen molar-refractivity contribution in [1.82, 2.24) is 20.1 Å². The van der Waals surface area contributed by atoms with E-state index in [1.165, 1.54) is 22.0 Å². The lowest BCUT2D eigenvalue weighted by Crippen LogP contribution is -2.31. The van der Waals surface area contributed by atoms with Crippen LogP contribution in [0.2, 0.25) is 0 Å². The van der Waals surface area contributed by atoms with E-state index in [2.05, 4.69) is 53.7 Å². The van der Waals surface area contributed by atoms with Crippen molar-refractivity contribution in [3.8, 4) is 0 Å². The normalized spacial score (nSPS) is 18.5. The van der Waals surface area contributed by atoms with Crippen LogP contribution >= 0.6 is 0 Å². The summed E-state index contributed by atoms with van der Waals surface area (Å²) < 4.78 is 0. The van der Waals surface area contributed by atoms with Crippen molar-refractivity contribution in [2.45, 2.75) is 18.9 Å². The van der Waals surface area contributed by atoms with E-state index >= 15 is 0 Å². The van der Waals surface area contributed by atoms with Gasteiger partial charge in [0.25, 0.3) is 0 Å². The summed E-state index contributed by atoms with van der Waals surface area (Å²) in [5.41, 5.74) is 3.83. The van der Waals surface area contributed by atoms with Crippen molar-refractivity contribution in [3.05, 3.63) is 35.5 Å². The van der Waals surface area contributed by atoms with E-state index in [1.54, 1.807) is 4.90 Å². The number of nitrogens with one attached hydrogen (secondary N) is 2. The minimum Gasteiger partial charge on any atom is -0.361 e. The third-order valence-electron chi connectivity index (χ3n) is 4.49. The number of hydrogen-bond donors (Lipinski definition) is 2. The number of likely N-dealkylation sites (N-methyl/N-ethyl adjacent to an activating group) is 2. The van der Waals surface area contributed by atoms with Gasteiger partial charge in [-0.25, -0.2) is 4.79 Å². The summed E-state index contributed by atoms with van der Waals surface area (Å²) in [6.07, 6.45) is 4.05. The molecular formula is C17H24N4O. The molecule has 5 nitrogen and oxygen atoms in total. The van der Waals surface area contributed by atoms with Gasteiger partial charge in [-0.3, -0.25) is 0 Å². The number of aromatic nitrogens is 1. The molecule has 0 aliphatic carbocycles. The summed E-state index contributed by atoms with van der Waals surface area (Å²) in [6, 6.07) is 6.85. The Balaban J connectivity index is 1.79. The summed E-state index contributed by atoms with van der Waals surface area (Å²) in [5.74, 6) is 0. The highest BCUT2D eigenvalue weighted by Crippen LogP contribution is 2.22. The third kappa shape index (κ3) is 2.95. The minimum absolute atomic E-state index is 0.0272. The van der Waals surface area contributed by atoms with Gasteiger partial charge in [0.15, 0.2) is 0 Å². The van der Waals surface area contributed by atoms with Crippen LogP contribution in [0.4, 0.5) is 4.79 Å². The predicted octanol–water partition coefficient (Wildman–Crippen LogP) is 1.84. The van der Waals surface area contributed by atoms with Gasteiger partial charge in [0.1, 0.15) is 0 Å². The molecule has 1 aromatic carbocycles. The number of carbonyl (C=O) groups is 1. The number of amides is 2. The van der Waals surface area contributed by atoms with Gasteiger partial charge in [-0.15, -0.1) is 0 Å². The topological polar surface area (TPSA) is 51.4 Å². The minimum atomic E-state index is 0.0272. The largest absolute Gasteiger partial charge is 0.361 e. The van der Waals surface area contributed by atoms with Gasteiger partial charge >= 0.3 is 6.03 Å². The van der Waals surface area contributed by atoms with Crippen LogP contribution in [-0.4, -0.2) is 61.1 Å². The van der Waals surface area contributed by atoms with Gasteiger partial charge < -0.3 is 20.1 Å². The molecular weight excluding hydrogens is 276 g/mol. The molecule has 5 heteroatoms. The molecule has 2 aromatic rings. The monoisotopic (exact) mass is 300 g/mol. The first-order chi connectivity index (χ1) is 10.5. The fraction of sp³-hybridized carbons (Fsp3) is 0.471. The van der Waals surface area contributed by atoms with Crippen LogP contribution in [0.3, 0.4) is 0 Å². The number of benzene rings is 1. The van der Waals surface area contributed by atoms with Gasteiger partial charge in [-0.1, -0.05) is 6.07 Å². The van der Waals surface area contributed by atoms with Crippen molar-refractivity contribution >= 4 is 16.9 Å².